The fourth-order valence-corrected chi connectivity index (χ4v) is 2.06. The van der Waals surface area contributed by atoms with Gasteiger partial charge in [0.1, 0.15) is 11.6 Å². The Kier molecular flexibility index (Phi) is 6.71. The van der Waals surface area contributed by atoms with E-state index < -0.39 is 23.8 Å². The number of halogens is 2. The molecule has 118 valence electrons. The van der Waals surface area contributed by atoms with Crippen molar-refractivity contribution < 1.29 is 18.7 Å². The Balaban J connectivity index is 2.62. The van der Waals surface area contributed by atoms with Crippen LogP contribution >= 0.6 is 0 Å². The van der Waals surface area contributed by atoms with Crippen LogP contribution in [0.2, 0.25) is 0 Å². The van der Waals surface area contributed by atoms with Gasteiger partial charge in [-0.1, -0.05) is 0 Å². The van der Waals surface area contributed by atoms with E-state index in [0.29, 0.717) is 13.1 Å². The molecule has 6 heteroatoms. The predicted molar refractivity (Wildman–Crippen MR) is 76.7 cm³/mol. The van der Waals surface area contributed by atoms with Crippen LogP contribution in [0.1, 0.15) is 32.4 Å². The van der Waals surface area contributed by atoms with E-state index in [-0.39, 0.29) is 18.0 Å². The molecule has 1 rings (SSSR count). The van der Waals surface area contributed by atoms with E-state index in [4.69, 9.17) is 0 Å². The van der Waals surface area contributed by atoms with Gasteiger partial charge >= 0.3 is 0 Å². The van der Waals surface area contributed by atoms with Crippen LogP contribution in [0.5, 0.6) is 0 Å². The van der Waals surface area contributed by atoms with Crippen molar-refractivity contribution in [2.45, 2.75) is 32.9 Å². The molecule has 2 unspecified atom stereocenters. The maximum atomic E-state index is 13.5. The number of nitrogens with one attached hydrogen (secondary N) is 1. The second-order valence-corrected chi connectivity index (χ2v) is 4.82. The van der Waals surface area contributed by atoms with Crippen LogP contribution in [0, 0.1) is 11.6 Å². The minimum atomic E-state index is -1.22. The number of nitrogens with zero attached hydrogens (tertiary/aromatic N) is 1. The third kappa shape index (κ3) is 4.75. The summed E-state index contributed by atoms with van der Waals surface area (Å²) in [6.07, 6.45) is -1.22. The van der Waals surface area contributed by atoms with Gasteiger partial charge in [0.2, 0.25) is 5.91 Å². The zero-order chi connectivity index (χ0) is 16.0. The molecule has 0 radical (unpaired) electrons. The number of carbonyl (C=O) groups excluding carboxylic acids is 1. The van der Waals surface area contributed by atoms with E-state index >= 15 is 0 Å². The van der Waals surface area contributed by atoms with Crippen LogP contribution in [0.3, 0.4) is 0 Å². The molecule has 0 fully saturated rings. The Labute approximate surface area is 123 Å². The first-order valence-electron chi connectivity index (χ1n) is 7.05. The average Bonchev–Trinajstić information content (AvgIpc) is 2.47. The van der Waals surface area contributed by atoms with Crippen LogP contribution in [-0.4, -0.2) is 41.6 Å². The number of carbonyl (C=O) groups is 1. The van der Waals surface area contributed by atoms with Gasteiger partial charge in [-0.2, -0.15) is 0 Å². The molecule has 1 aromatic rings. The van der Waals surface area contributed by atoms with E-state index in [0.717, 1.165) is 18.2 Å². The number of likely N-dealkylation sites (N-methyl/N-ethyl adjacent to an activating group) is 1. The minimum Gasteiger partial charge on any atom is -0.387 e. The van der Waals surface area contributed by atoms with E-state index in [2.05, 4.69) is 5.32 Å². The normalized spacial score (nSPS) is 13.8. The Morgan fingerprint density at radius 3 is 2.52 bits per heavy atom. The Bertz CT molecular complexity index is 479. The highest BCUT2D eigenvalue weighted by molar-refractivity contribution is 5.81. The molecule has 0 bridgehead atoms. The summed E-state index contributed by atoms with van der Waals surface area (Å²) in [5.74, 6) is -1.38. The molecule has 0 aromatic heterocycles. The summed E-state index contributed by atoms with van der Waals surface area (Å²) < 4.78 is 26.6. The van der Waals surface area contributed by atoms with Crippen molar-refractivity contribution in [1.82, 2.24) is 10.2 Å². The van der Waals surface area contributed by atoms with Crippen molar-refractivity contribution in [2.24, 2.45) is 0 Å². The Morgan fingerprint density at radius 2 is 1.95 bits per heavy atom. The van der Waals surface area contributed by atoms with Crippen LogP contribution in [0.4, 0.5) is 8.78 Å². The summed E-state index contributed by atoms with van der Waals surface area (Å²) in [5.41, 5.74) is -0.120. The van der Waals surface area contributed by atoms with Crippen LogP contribution in [0.25, 0.3) is 0 Å². The highest BCUT2D eigenvalue weighted by Crippen LogP contribution is 2.17. The molecule has 2 N–H and O–H groups in total. The topological polar surface area (TPSA) is 52.6 Å². The van der Waals surface area contributed by atoms with Crippen LogP contribution in [-0.2, 0) is 4.79 Å². The van der Waals surface area contributed by atoms with Gasteiger partial charge in [0.25, 0.3) is 0 Å². The zero-order valence-corrected chi connectivity index (χ0v) is 12.6. The molecule has 1 amide bonds. The second kappa shape index (κ2) is 8.05. The maximum Gasteiger partial charge on any atom is 0.239 e. The average molecular weight is 300 g/mol. The smallest absolute Gasteiger partial charge is 0.239 e. The lowest BCUT2D eigenvalue weighted by molar-refractivity contribution is -0.132. The number of benzene rings is 1. The molecule has 0 aliphatic heterocycles. The molecule has 0 spiro atoms. The molecular weight excluding hydrogens is 278 g/mol. The van der Waals surface area contributed by atoms with E-state index in [9.17, 15) is 18.7 Å². The molecule has 0 heterocycles. The van der Waals surface area contributed by atoms with Crippen LogP contribution < -0.4 is 5.32 Å². The lowest BCUT2D eigenvalue weighted by Gasteiger charge is -2.24. The monoisotopic (exact) mass is 300 g/mol. The fraction of sp³-hybridized carbons (Fsp3) is 0.533. The minimum absolute atomic E-state index is 0.0332. The first-order valence-corrected chi connectivity index (χ1v) is 7.05. The number of rotatable bonds is 7. The zero-order valence-electron chi connectivity index (χ0n) is 12.6. The standard InChI is InChI=1S/C15H22F2N2O2/c1-4-19(5-2)15(21)10(3)18-9-14(20)12-8-11(16)6-7-13(12)17/h6-8,10,14,18,20H,4-5,9H2,1-3H3. The van der Waals surface area contributed by atoms with E-state index in [1.807, 2.05) is 13.8 Å². The molecule has 1 aromatic carbocycles. The number of hydrogen-bond donors (Lipinski definition) is 2. The molecule has 0 saturated carbocycles. The highest BCUT2D eigenvalue weighted by Gasteiger charge is 2.20. The molecule has 0 saturated heterocycles. The summed E-state index contributed by atoms with van der Waals surface area (Å²) >= 11 is 0. The van der Waals surface area contributed by atoms with Crippen molar-refractivity contribution in [3.8, 4) is 0 Å². The van der Waals surface area contributed by atoms with Gasteiger partial charge in [-0.05, 0) is 39.0 Å². The Morgan fingerprint density at radius 1 is 1.33 bits per heavy atom. The summed E-state index contributed by atoms with van der Waals surface area (Å²) in [6, 6.07) is 2.42. The van der Waals surface area contributed by atoms with E-state index in [1.165, 1.54) is 0 Å². The van der Waals surface area contributed by atoms with Gasteiger partial charge in [-0.3, -0.25) is 4.79 Å². The number of hydrogen-bond acceptors (Lipinski definition) is 3. The quantitative estimate of drug-likeness (QED) is 0.808. The first kappa shape index (κ1) is 17.5. The van der Waals surface area contributed by atoms with Crippen molar-refractivity contribution in [3.63, 3.8) is 0 Å². The fourth-order valence-electron chi connectivity index (χ4n) is 2.06. The molecule has 2 atom stereocenters. The summed E-state index contributed by atoms with van der Waals surface area (Å²) in [6.45, 7) is 6.60. The summed E-state index contributed by atoms with van der Waals surface area (Å²) in [4.78, 5) is 13.7. The van der Waals surface area contributed by atoms with Gasteiger partial charge in [0, 0.05) is 25.2 Å². The Hall–Kier alpha value is -1.53. The maximum absolute atomic E-state index is 13.5. The lowest BCUT2D eigenvalue weighted by atomic mass is 10.1. The van der Waals surface area contributed by atoms with E-state index in [1.54, 1.807) is 11.8 Å². The molecule has 4 nitrogen and oxygen atoms in total. The lowest BCUT2D eigenvalue weighted by Crippen LogP contribution is -2.45. The van der Waals surface area contributed by atoms with Crippen molar-refractivity contribution in [1.29, 1.82) is 0 Å². The number of amides is 1. The van der Waals surface area contributed by atoms with Crippen LogP contribution in [0.15, 0.2) is 18.2 Å². The second-order valence-electron chi connectivity index (χ2n) is 4.82. The van der Waals surface area contributed by atoms with Gasteiger partial charge in [0.05, 0.1) is 12.1 Å². The third-order valence-corrected chi connectivity index (χ3v) is 3.38. The third-order valence-electron chi connectivity index (χ3n) is 3.38. The summed E-state index contributed by atoms with van der Waals surface area (Å²) in [7, 11) is 0. The first-order chi connectivity index (χ1) is 9.90. The molecule has 0 aliphatic carbocycles. The molecular formula is C15H22F2N2O2. The largest absolute Gasteiger partial charge is 0.387 e. The molecule has 21 heavy (non-hydrogen) atoms. The van der Waals surface area contributed by atoms with Gasteiger partial charge in [-0.15, -0.1) is 0 Å². The van der Waals surface area contributed by atoms with Gasteiger partial charge < -0.3 is 15.3 Å². The highest BCUT2D eigenvalue weighted by atomic mass is 19.1. The van der Waals surface area contributed by atoms with Crippen molar-refractivity contribution in [2.75, 3.05) is 19.6 Å². The van der Waals surface area contributed by atoms with Crippen molar-refractivity contribution >= 4 is 5.91 Å². The number of aliphatic hydroxyl groups is 1. The number of aliphatic hydroxyl groups excluding tert-OH is 1. The predicted octanol–water partition coefficient (Wildman–Crippen LogP) is 1.84. The van der Waals surface area contributed by atoms with Gasteiger partial charge in [0.15, 0.2) is 0 Å². The molecule has 0 aliphatic rings. The summed E-state index contributed by atoms with van der Waals surface area (Å²) in [5, 5.41) is 12.8. The van der Waals surface area contributed by atoms with Gasteiger partial charge in [-0.25, -0.2) is 8.78 Å². The SMILES string of the molecule is CCN(CC)C(=O)C(C)NCC(O)c1cc(F)ccc1F. The van der Waals surface area contributed by atoms with Crippen molar-refractivity contribution in [3.05, 3.63) is 35.4 Å².